The van der Waals surface area contributed by atoms with E-state index in [0.29, 0.717) is 0 Å². The van der Waals surface area contributed by atoms with E-state index >= 15 is 0 Å². The summed E-state index contributed by atoms with van der Waals surface area (Å²) in [4.78, 5) is 0. The Kier molecular flexibility index (Phi) is 5.82. The van der Waals surface area contributed by atoms with Crippen LogP contribution in [-0.4, -0.2) is 26.3 Å². The van der Waals surface area contributed by atoms with Gasteiger partial charge in [0.05, 0.1) is 11.0 Å². The summed E-state index contributed by atoms with van der Waals surface area (Å²) in [5, 5.41) is 3.16. The zero-order valence-electron chi connectivity index (χ0n) is 13.1. The maximum Gasteiger partial charge on any atom is 0.158 e. The Hall–Kier alpha value is -0.870. The lowest BCUT2D eigenvalue weighted by atomic mass is 10.1. The minimum Gasteiger partial charge on any atom is -0.313 e. The predicted octanol–water partition coefficient (Wildman–Crippen LogP) is 3.22. The fraction of sp³-hybridized carbons (Fsp3) is 0.647. The Bertz CT molecular complexity index is 554. The number of rotatable bonds is 5. The zero-order chi connectivity index (χ0) is 15.3. The molecule has 118 valence electrons. The van der Waals surface area contributed by atoms with Crippen molar-refractivity contribution in [2.24, 2.45) is 0 Å². The van der Waals surface area contributed by atoms with Crippen LogP contribution in [0.1, 0.15) is 50.2 Å². The van der Waals surface area contributed by atoms with Crippen LogP contribution in [-0.2, 0) is 15.6 Å². The highest BCUT2D eigenvalue weighted by Gasteiger charge is 2.33. The van der Waals surface area contributed by atoms with Crippen LogP contribution in [0.3, 0.4) is 0 Å². The molecule has 0 spiro atoms. The smallest absolute Gasteiger partial charge is 0.158 e. The van der Waals surface area contributed by atoms with Gasteiger partial charge < -0.3 is 5.32 Å². The van der Waals surface area contributed by atoms with Gasteiger partial charge in [0.15, 0.2) is 9.84 Å². The molecule has 1 fully saturated rings. The second-order valence-corrected chi connectivity index (χ2v) is 8.36. The lowest BCUT2D eigenvalue weighted by Crippen LogP contribution is -2.44. The molecule has 1 aromatic carbocycles. The van der Waals surface area contributed by atoms with Crippen molar-refractivity contribution in [3.05, 3.63) is 35.4 Å². The third-order valence-electron chi connectivity index (χ3n) is 4.33. The van der Waals surface area contributed by atoms with E-state index in [1.807, 2.05) is 31.2 Å². The summed E-state index contributed by atoms with van der Waals surface area (Å²) in [6, 6.07) is 7.96. The van der Waals surface area contributed by atoms with Gasteiger partial charge in [0.25, 0.3) is 0 Å². The van der Waals surface area contributed by atoms with Gasteiger partial charge in [-0.15, -0.1) is 0 Å². The fourth-order valence-corrected chi connectivity index (χ4v) is 5.46. The number of aryl methyl sites for hydroxylation is 1. The van der Waals surface area contributed by atoms with Gasteiger partial charge >= 0.3 is 0 Å². The molecule has 0 saturated heterocycles. The lowest BCUT2D eigenvalue weighted by Gasteiger charge is -2.26. The van der Waals surface area contributed by atoms with E-state index in [4.69, 9.17) is 0 Å². The zero-order valence-corrected chi connectivity index (χ0v) is 14.0. The molecule has 1 N–H and O–H groups in total. The third-order valence-corrected chi connectivity index (χ3v) is 6.55. The Balaban J connectivity index is 2.18. The summed E-state index contributed by atoms with van der Waals surface area (Å²) in [6.45, 7) is 4.89. The van der Waals surface area contributed by atoms with Crippen LogP contribution in [0.5, 0.6) is 0 Å². The van der Waals surface area contributed by atoms with Crippen molar-refractivity contribution in [3.8, 4) is 0 Å². The third kappa shape index (κ3) is 4.55. The van der Waals surface area contributed by atoms with Crippen LogP contribution in [0, 0.1) is 6.92 Å². The number of sulfone groups is 1. The van der Waals surface area contributed by atoms with Crippen LogP contribution >= 0.6 is 0 Å². The van der Waals surface area contributed by atoms with Gasteiger partial charge in [-0.3, -0.25) is 0 Å². The van der Waals surface area contributed by atoms with Crippen molar-refractivity contribution >= 4 is 9.84 Å². The molecule has 0 aliphatic heterocycles. The van der Waals surface area contributed by atoms with Crippen molar-refractivity contribution in [2.75, 3.05) is 6.54 Å². The average Bonchev–Trinajstić information content (AvgIpc) is 2.64. The molecule has 1 aliphatic carbocycles. The summed E-state index contributed by atoms with van der Waals surface area (Å²) in [5.41, 5.74) is 2.03. The molecule has 0 bridgehead atoms. The van der Waals surface area contributed by atoms with E-state index < -0.39 is 9.84 Å². The monoisotopic (exact) mass is 309 g/mol. The predicted molar refractivity (Wildman–Crippen MR) is 88.1 cm³/mol. The highest BCUT2D eigenvalue weighted by molar-refractivity contribution is 7.91. The van der Waals surface area contributed by atoms with Gasteiger partial charge in [-0.1, -0.05) is 56.0 Å². The van der Waals surface area contributed by atoms with E-state index in [2.05, 4.69) is 12.2 Å². The SMILES string of the molecule is CCNC1CCCCCC1S(=O)(=O)Cc1cccc(C)c1. The van der Waals surface area contributed by atoms with Crippen molar-refractivity contribution in [1.82, 2.24) is 5.32 Å². The normalized spacial score (nSPS) is 23.7. The molecular weight excluding hydrogens is 282 g/mol. The Morgan fingerprint density at radius 3 is 2.67 bits per heavy atom. The number of nitrogens with one attached hydrogen (secondary N) is 1. The molecule has 0 heterocycles. The quantitative estimate of drug-likeness (QED) is 0.850. The van der Waals surface area contributed by atoms with Gasteiger partial charge in [0, 0.05) is 6.04 Å². The summed E-state index contributed by atoms with van der Waals surface area (Å²) >= 11 is 0. The highest BCUT2D eigenvalue weighted by Crippen LogP contribution is 2.26. The van der Waals surface area contributed by atoms with Crippen LogP contribution in [0.25, 0.3) is 0 Å². The van der Waals surface area contributed by atoms with E-state index in [1.165, 1.54) is 0 Å². The molecule has 0 radical (unpaired) electrons. The molecule has 0 amide bonds. The molecule has 1 saturated carbocycles. The average molecular weight is 309 g/mol. The molecule has 2 unspecified atom stereocenters. The number of hydrogen-bond donors (Lipinski definition) is 1. The van der Waals surface area contributed by atoms with Crippen LogP contribution < -0.4 is 5.32 Å². The van der Waals surface area contributed by atoms with Gasteiger partial charge in [-0.05, 0) is 31.9 Å². The van der Waals surface area contributed by atoms with Gasteiger partial charge in [-0.25, -0.2) is 8.42 Å². The largest absolute Gasteiger partial charge is 0.313 e. The summed E-state index contributed by atoms with van der Waals surface area (Å²) in [6.07, 6.45) is 5.09. The van der Waals surface area contributed by atoms with Crippen molar-refractivity contribution in [2.45, 2.75) is 63.0 Å². The van der Waals surface area contributed by atoms with E-state index in [-0.39, 0.29) is 17.0 Å². The first-order valence-corrected chi connectivity index (χ1v) is 9.75. The first kappa shape index (κ1) is 16.5. The number of benzene rings is 1. The molecule has 2 atom stereocenters. The fourth-order valence-electron chi connectivity index (χ4n) is 3.34. The van der Waals surface area contributed by atoms with Gasteiger partial charge in [-0.2, -0.15) is 0 Å². The van der Waals surface area contributed by atoms with E-state index in [1.54, 1.807) is 0 Å². The maximum atomic E-state index is 12.9. The molecule has 4 heteroatoms. The molecular formula is C17H27NO2S. The summed E-state index contributed by atoms with van der Waals surface area (Å²) in [5.74, 6) is 0.168. The van der Waals surface area contributed by atoms with Crippen LogP contribution in [0.4, 0.5) is 0 Å². The molecule has 3 nitrogen and oxygen atoms in total. The second-order valence-electron chi connectivity index (χ2n) is 6.14. The Labute approximate surface area is 129 Å². The van der Waals surface area contributed by atoms with Crippen molar-refractivity contribution < 1.29 is 8.42 Å². The topological polar surface area (TPSA) is 46.2 Å². The summed E-state index contributed by atoms with van der Waals surface area (Å²) < 4.78 is 25.7. The molecule has 21 heavy (non-hydrogen) atoms. The molecule has 2 rings (SSSR count). The molecule has 1 aliphatic rings. The van der Waals surface area contributed by atoms with Crippen molar-refractivity contribution in [1.29, 1.82) is 0 Å². The van der Waals surface area contributed by atoms with Gasteiger partial charge in [0.1, 0.15) is 0 Å². The molecule has 1 aromatic rings. The Morgan fingerprint density at radius 2 is 1.95 bits per heavy atom. The second kappa shape index (κ2) is 7.41. The standard InChI is InChI=1S/C17H27NO2S/c1-3-18-16-10-5-4-6-11-17(16)21(19,20)13-15-9-7-8-14(2)12-15/h7-9,12,16-18H,3-6,10-11,13H2,1-2H3. The van der Waals surface area contributed by atoms with Crippen molar-refractivity contribution in [3.63, 3.8) is 0 Å². The Morgan fingerprint density at radius 1 is 1.19 bits per heavy atom. The maximum absolute atomic E-state index is 12.9. The minimum atomic E-state index is -3.11. The van der Waals surface area contributed by atoms with Crippen LogP contribution in [0.15, 0.2) is 24.3 Å². The first-order valence-electron chi connectivity index (χ1n) is 8.03. The van der Waals surface area contributed by atoms with Crippen LogP contribution in [0.2, 0.25) is 0 Å². The summed E-state index contributed by atoms with van der Waals surface area (Å²) in [7, 11) is -3.11. The molecule has 0 aromatic heterocycles. The number of hydrogen-bond acceptors (Lipinski definition) is 3. The highest BCUT2D eigenvalue weighted by atomic mass is 32.2. The first-order chi connectivity index (χ1) is 10.0. The minimum absolute atomic E-state index is 0.118. The van der Waals surface area contributed by atoms with E-state index in [0.717, 1.165) is 49.8 Å². The van der Waals surface area contributed by atoms with E-state index in [9.17, 15) is 8.42 Å². The lowest BCUT2D eigenvalue weighted by molar-refractivity contribution is 0.459. The van der Waals surface area contributed by atoms with Gasteiger partial charge in [0.2, 0.25) is 0 Å².